The molecule has 0 saturated carbocycles. The van der Waals surface area contributed by atoms with E-state index in [-0.39, 0.29) is 5.82 Å². The second-order valence-corrected chi connectivity index (χ2v) is 5.87. The Balaban J connectivity index is 2.14. The first kappa shape index (κ1) is 12.7. The third-order valence-corrected chi connectivity index (χ3v) is 4.32. The Morgan fingerprint density at radius 3 is 2.76 bits per heavy atom. The van der Waals surface area contributed by atoms with Crippen LogP contribution in [0.5, 0.6) is 0 Å². The zero-order valence-corrected chi connectivity index (χ0v) is 11.7. The highest BCUT2D eigenvalue weighted by atomic mass is 79.9. The molecule has 0 bridgehead atoms. The molecule has 0 aliphatic heterocycles. The maximum Gasteiger partial charge on any atom is 0.126 e. The van der Waals surface area contributed by atoms with Crippen LogP contribution in [0, 0.1) is 12.7 Å². The first-order valence-corrected chi connectivity index (χ1v) is 6.90. The Bertz CT molecular complexity index is 524. The van der Waals surface area contributed by atoms with Crippen LogP contribution in [0.1, 0.15) is 22.1 Å². The molecule has 1 heterocycles. The van der Waals surface area contributed by atoms with Gasteiger partial charge in [0.05, 0.1) is 6.10 Å². The summed E-state index contributed by atoms with van der Waals surface area (Å²) in [6.07, 6.45) is -0.144. The largest absolute Gasteiger partial charge is 0.388 e. The van der Waals surface area contributed by atoms with Gasteiger partial charge in [-0.3, -0.25) is 0 Å². The number of aliphatic hydroxyl groups is 1. The van der Waals surface area contributed by atoms with Gasteiger partial charge in [-0.25, -0.2) is 4.39 Å². The zero-order valence-electron chi connectivity index (χ0n) is 9.28. The highest BCUT2D eigenvalue weighted by Gasteiger charge is 2.11. The smallest absolute Gasteiger partial charge is 0.126 e. The van der Waals surface area contributed by atoms with Crippen molar-refractivity contribution in [3.8, 4) is 0 Å². The van der Waals surface area contributed by atoms with Gasteiger partial charge in [0.1, 0.15) is 5.82 Å². The number of hydrogen-bond donors (Lipinski definition) is 1. The van der Waals surface area contributed by atoms with E-state index in [1.807, 2.05) is 11.4 Å². The molecule has 1 aromatic carbocycles. The van der Waals surface area contributed by atoms with E-state index in [0.29, 0.717) is 17.5 Å². The van der Waals surface area contributed by atoms with Gasteiger partial charge in [-0.1, -0.05) is 12.1 Å². The van der Waals surface area contributed by atoms with Crippen LogP contribution in [-0.2, 0) is 6.42 Å². The second kappa shape index (κ2) is 5.29. The van der Waals surface area contributed by atoms with Crippen molar-refractivity contribution in [2.45, 2.75) is 19.4 Å². The van der Waals surface area contributed by atoms with E-state index in [2.05, 4.69) is 15.9 Å². The van der Waals surface area contributed by atoms with Gasteiger partial charge in [-0.15, -0.1) is 11.3 Å². The lowest BCUT2D eigenvalue weighted by atomic mass is 10.0. The lowest BCUT2D eigenvalue weighted by molar-refractivity contribution is 0.179. The van der Waals surface area contributed by atoms with Crippen LogP contribution in [0.15, 0.2) is 34.1 Å². The van der Waals surface area contributed by atoms with Crippen molar-refractivity contribution < 1.29 is 9.50 Å². The van der Waals surface area contributed by atoms with Gasteiger partial charge in [-0.2, -0.15) is 0 Å². The summed E-state index contributed by atoms with van der Waals surface area (Å²) in [6.45, 7) is 1.71. The molecule has 0 saturated heterocycles. The van der Waals surface area contributed by atoms with E-state index >= 15 is 0 Å². The molecule has 2 rings (SSSR count). The molecule has 1 atom stereocenters. The molecule has 17 heavy (non-hydrogen) atoms. The quantitative estimate of drug-likeness (QED) is 0.898. The average Bonchev–Trinajstić information content (AvgIpc) is 2.68. The van der Waals surface area contributed by atoms with Crippen LogP contribution in [0.2, 0.25) is 0 Å². The van der Waals surface area contributed by atoms with Crippen molar-refractivity contribution in [3.63, 3.8) is 0 Å². The molecule has 0 spiro atoms. The number of halogens is 2. The first-order valence-electron chi connectivity index (χ1n) is 5.23. The van der Waals surface area contributed by atoms with E-state index in [4.69, 9.17) is 0 Å². The molecule has 1 nitrogen and oxygen atoms in total. The zero-order chi connectivity index (χ0) is 12.4. The number of rotatable bonds is 3. The van der Waals surface area contributed by atoms with Crippen molar-refractivity contribution in [2.75, 3.05) is 0 Å². The van der Waals surface area contributed by atoms with Gasteiger partial charge in [-0.05, 0) is 46.1 Å². The number of benzene rings is 1. The lowest BCUT2D eigenvalue weighted by Crippen LogP contribution is -2.01. The third-order valence-electron chi connectivity index (χ3n) is 2.60. The van der Waals surface area contributed by atoms with Gasteiger partial charge in [0.15, 0.2) is 0 Å². The number of aliphatic hydroxyl groups excluding tert-OH is 1. The molecule has 90 valence electrons. The van der Waals surface area contributed by atoms with Crippen LogP contribution < -0.4 is 0 Å². The van der Waals surface area contributed by atoms with Crippen molar-refractivity contribution in [2.24, 2.45) is 0 Å². The summed E-state index contributed by atoms with van der Waals surface area (Å²) >= 11 is 4.95. The summed E-state index contributed by atoms with van der Waals surface area (Å²) in [5.74, 6) is -0.270. The molecule has 0 amide bonds. The van der Waals surface area contributed by atoms with Crippen molar-refractivity contribution in [3.05, 3.63) is 55.9 Å². The second-order valence-electron chi connectivity index (χ2n) is 3.96. The van der Waals surface area contributed by atoms with Crippen LogP contribution in [0.25, 0.3) is 0 Å². The number of thiophene rings is 1. The number of hydrogen-bond acceptors (Lipinski definition) is 2. The molecule has 0 fully saturated rings. The van der Waals surface area contributed by atoms with E-state index in [0.717, 1.165) is 9.35 Å². The third kappa shape index (κ3) is 3.15. The molecule has 0 aliphatic carbocycles. The normalized spacial score (nSPS) is 12.7. The summed E-state index contributed by atoms with van der Waals surface area (Å²) in [4.78, 5) is 1.07. The van der Waals surface area contributed by atoms with E-state index in [1.54, 1.807) is 30.4 Å². The van der Waals surface area contributed by atoms with E-state index < -0.39 is 6.10 Å². The molecule has 4 heteroatoms. The SMILES string of the molecule is Cc1ccc(C(O)Cc2cc(Br)cs2)cc1F. The fourth-order valence-electron chi connectivity index (χ4n) is 1.59. The minimum absolute atomic E-state index is 0.270. The summed E-state index contributed by atoms with van der Waals surface area (Å²) in [6, 6.07) is 6.84. The Labute approximate surface area is 112 Å². The summed E-state index contributed by atoms with van der Waals surface area (Å²) in [5, 5.41) is 12.0. The maximum absolute atomic E-state index is 13.4. The van der Waals surface area contributed by atoms with Crippen molar-refractivity contribution >= 4 is 27.3 Å². The van der Waals surface area contributed by atoms with Crippen LogP contribution in [0.4, 0.5) is 4.39 Å². The highest BCUT2D eigenvalue weighted by Crippen LogP contribution is 2.26. The fourth-order valence-corrected chi connectivity index (χ4v) is 3.07. The predicted octanol–water partition coefficient (Wildman–Crippen LogP) is 4.23. The minimum atomic E-state index is -0.657. The van der Waals surface area contributed by atoms with Crippen LogP contribution in [0.3, 0.4) is 0 Å². The molecule has 0 radical (unpaired) electrons. The molecule has 1 N–H and O–H groups in total. The maximum atomic E-state index is 13.4. The topological polar surface area (TPSA) is 20.2 Å². The van der Waals surface area contributed by atoms with Gasteiger partial charge in [0, 0.05) is 21.2 Å². The highest BCUT2D eigenvalue weighted by molar-refractivity contribution is 9.10. The summed E-state index contributed by atoms with van der Waals surface area (Å²) in [7, 11) is 0. The standard InChI is InChI=1S/C13H12BrFOS/c1-8-2-3-9(4-12(8)15)13(16)6-11-5-10(14)7-17-11/h2-5,7,13,16H,6H2,1H3. The van der Waals surface area contributed by atoms with Crippen LogP contribution in [-0.4, -0.2) is 5.11 Å². The first-order chi connectivity index (χ1) is 8.06. The van der Waals surface area contributed by atoms with E-state index in [9.17, 15) is 9.50 Å². The Hall–Kier alpha value is -0.710. The van der Waals surface area contributed by atoms with Gasteiger partial charge in [0.2, 0.25) is 0 Å². The Kier molecular flexibility index (Phi) is 3.97. The lowest BCUT2D eigenvalue weighted by Gasteiger charge is -2.10. The Morgan fingerprint density at radius 1 is 1.41 bits per heavy atom. The summed E-state index contributed by atoms with van der Waals surface area (Å²) < 4.78 is 14.4. The van der Waals surface area contributed by atoms with Crippen LogP contribution >= 0.6 is 27.3 Å². The van der Waals surface area contributed by atoms with Gasteiger partial charge < -0.3 is 5.11 Å². The fraction of sp³-hybridized carbons (Fsp3) is 0.231. The van der Waals surface area contributed by atoms with Crippen molar-refractivity contribution in [1.29, 1.82) is 0 Å². The average molecular weight is 315 g/mol. The van der Waals surface area contributed by atoms with Gasteiger partial charge >= 0.3 is 0 Å². The number of aryl methyl sites for hydroxylation is 1. The van der Waals surface area contributed by atoms with Crippen molar-refractivity contribution in [1.82, 2.24) is 0 Å². The molecule has 1 aromatic heterocycles. The summed E-state index contributed by atoms with van der Waals surface area (Å²) in [5.41, 5.74) is 1.22. The van der Waals surface area contributed by atoms with E-state index in [1.165, 1.54) is 6.07 Å². The minimum Gasteiger partial charge on any atom is -0.388 e. The molecular weight excluding hydrogens is 303 g/mol. The monoisotopic (exact) mass is 314 g/mol. The molecule has 2 aromatic rings. The van der Waals surface area contributed by atoms with Gasteiger partial charge in [0.25, 0.3) is 0 Å². The molecule has 0 aliphatic rings. The molecule has 1 unspecified atom stereocenters. The predicted molar refractivity (Wildman–Crippen MR) is 71.8 cm³/mol. The molecular formula is C13H12BrFOS. The Morgan fingerprint density at radius 2 is 2.18 bits per heavy atom.